The molecule has 1 amide bonds. The number of benzene rings is 1. The second-order valence-corrected chi connectivity index (χ2v) is 6.42. The van der Waals surface area contributed by atoms with E-state index in [-0.39, 0.29) is 5.91 Å². The van der Waals surface area contributed by atoms with Crippen molar-refractivity contribution in [3.8, 4) is 6.07 Å². The molecule has 26 heavy (non-hydrogen) atoms. The van der Waals surface area contributed by atoms with E-state index in [1.165, 1.54) is 24.6 Å². The van der Waals surface area contributed by atoms with Crippen LogP contribution in [-0.4, -0.2) is 42.1 Å². The van der Waals surface area contributed by atoms with Gasteiger partial charge in [0.1, 0.15) is 11.9 Å². The van der Waals surface area contributed by atoms with E-state index in [9.17, 15) is 4.79 Å². The number of hydrogen-bond acceptors (Lipinski definition) is 5. The topological polar surface area (TPSA) is 78.2 Å². The lowest BCUT2D eigenvalue weighted by Gasteiger charge is -2.23. The van der Waals surface area contributed by atoms with Gasteiger partial charge >= 0.3 is 0 Å². The summed E-state index contributed by atoms with van der Waals surface area (Å²) < 4.78 is 5.30. The van der Waals surface area contributed by atoms with Gasteiger partial charge < -0.3 is 10.1 Å². The fourth-order valence-electron chi connectivity index (χ4n) is 3.20. The van der Waals surface area contributed by atoms with E-state index in [0.29, 0.717) is 23.0 Å². The maximum absolute atomic E-state index is 12.3. The summed E-state index contributed by atoms with van der Waals surface area (Å²) in [5, 5.41) is 11.5. The molecule has 0 aliphatic carbocycles. The molecule has 0 radical (unpaired) electrons. The second-order valence-electron chi connectivity index (χ2n) is 6.42. The van der Waals surface area contributed by atoms with E-state index < -0.39 is 0 Å². The van der Waals surface area contributed by atoms with Gasteiger partial charge in [-0.3, -0.25) is 9.69 Å². The summed E-state index contributed by atoms with van der Waals surface area (Å²) in [4.78, 5) is 18.8. The fraction of sp³-hybridized carbons (Fsp3) is 0.350. The highest BCUT2D eigenvalue weighted by Crippen LogP contribution is 2.20. The summed E-state index contributed by atoms with van der Waals surface area (Å²) in [7, 11) is 1.74. The number of rotatable bonds is 6. The lowest BCUT2D eigenvalue weighted by atomic mass is 10.1. The molecule has 0 bridgehead atoms. The monoisotopic (exact) mass is 350 g/mol. The van der Waals surface area contributed by atoms with Gasteiger partial charge in [0.2, 0.25) is 0 Å². The number of nitriles is 1. The van der Waals surface area contributed by atoms with Crippen molar-refractivity contribution in [1.82, 2.24) is 9.88 Å². The smallest absolute Gasteiger partial charge is 0.256 e. The number of likely N-dealkylation sites (tertiary alicyclic amines) is 1. The van der Waals surface area contributed by atoms with Gasteiger partial charge in [0.05, 0.1) is 12.2 Å². The van der Waals surface area contributed by atoms with E-state index in [1.807, 2.05) is 30.3 Å². The average molecular weight is 350 g/mol. The van der Waals surface area contributed by atoms with Crippen molar-refractivity contribution in [2.24, 2.45) is 0 Å². The minimum atomic E-state index is -0.216. The third kappa shape index (κ3) is 4.45. The molecular formula is C20H22N4O2. The highest BCUT2D eigenvalue weighted by atomic mass is 16.5. The Labute approximate surface area is 153 Å². The molecule has 6 nitrogen and oxygen atoms in total. The second kappa shape index (κ2) is 8.56. The number of nitrogens with zero attached hydrogens (tertiary/aromatic N) is 3. The number of carbonyl (C=O) groups excluding carboxylic acids is 1. The molecule has 0 spiro atoms. The Morgan fingerprint density at radius 1 is 1.35 bits per heavy atom. The SMILES string of the molecule is COC[C@H]1CCCN1Cc1ccc(C(=O)Nc2ccc(C#N)cn2)cc1. The number of ether oxygens (including phenoxy) is 1. The van der Waals surface area contributed by atoms with E-state index in [2.05, 4.69) is 15.2 Å². The molecule has 1 N–H and O–H groups in total. The maximum Gasteiger partial charge on any atom is 0.256 e. The van der Waals surface area contributed by atoms with Crippen LogP contribution in [0.15, 0.2) is 42.6 Å². The van der Waals surface area contributed by atoms with Crippen molar-refractivity contribution in [3.05, 3.63) is 59.3 Å². The summed E-state index contributed by atoms with van der Waals surface area (Å²) in [6, 6.07) is 13.4. The zero-order valence-corrected chi connectivity index (χ0v) is 14.8. The molecule has 2 aromatic rings. The third-order valence-electron chi connectivity index (χ3n) is 4.59. The van der Waals surface area contributed by atoms with Gasteiger partial charge in [-0.2, -0.15) is 5.26 Å². The lowest BCUT2D eigenvalue weighted by Crippen LogP contribution is -2.32. The van der Waals surface area contributed by atoms with Gasteiger partial charge in [-0.05, 0) is 49.2 Å². The van der Waals surface area contributed by atoms with Gasteiger partial charge in [-0.1, -0.05) is 12.1 Å². The fourth-order valence-corrected chi connectivity index (χ4v) is 3.20. The molecule has 0 unspecified atom stereocenters. The highest BCUT2D eigenvalue weighted by molar-refractivity contribution is 6.03. The van der Waals surface area contributed by atoms with Crippen LogP contribution in [0.3, 0.4) is 0 Å². The first-order chi connectivity index (χ1) is 12.7. The minimum absolute atomic E-state index is 0.216. The van der Waals surface area contributed by atoms with E-state index >= 15 is 0 Å². The third-order valence-corrected chi connectivity index (χ3v) is 4.59. The van der Waals surface area contributed by atoms with Crippen LogP contribution in [0.2, 0.25) is 0 Å². The van der Waals surface area contributed by atoms with Crippen molar-refractivity contribution in [2.45, 2.75) is 25.4 Å². The molecule has 134 valence electrons. The number of amides is 1. The van der Waals surface area contributed by atoms with Crippen LogP contribution >= 0.6 is 0 Å². The molecule has 1 saturated heterocycles. The number of aromatic nitrogens is 1. The molecule has 3 rings (SSSR count). The predicted molar refractivity (Wildman–Crippen MR) is 98.7 cm³/mol. The zero-order valence-electron chi connectivity index (χ0n) is 14.8. The Morgan fingerprint density at radius 3 is 2.81 bits per heavy atom. The van der Waals surface area contributed by atoms with E-state index in [4.69, 9.17) is 10.00 Å². The molecule has 2 heterocycles. The molecule has 1 aromatic heterocycles. The number of methoxy groups -OCH3 is 1. The number of pyridine rings is 1. The Kier molecular flexibility index (Phi) is 5.95. The summed E-state index contributed by atoms with van der Waals surface area (Å²) in [5.41, 5.74) is 2.22. The van der Waals surface area contributed by atoms with Crippen molar-refractivity contribution >= 4 is 11.7 Å². The first-order valence-corrected chi connectivity index (χ1v) is 8.69. The average Bonchev–Trinajstić information content (AvgIpc) is 3.10. The van der Waals surface area contributed by atoms with Gasteiger partial charge in [-0.25, -0.2) is 4.98 Å². The first kappa shape index (κ1) is 18.1. The van der Waals surface area contributed by atoms with Gasteiger partial charge in [0.25, 0.3) is 5.91 Å². The van der Waals surface area contributed by atoms with Crippen LogP contribution in [0.25, 0.3) is 0 Å². The van der Waals surface area contributed by atoms with Gasteiger partial charge in [0.15, 0.2) is 0 Å². The number of hydrogen-bond donors (Lipinski definition) is 1. The van der Waals surface area contributed by atoms with Crippen molar-refractivity contribution in [2.75, 3.05) is 25.6 Å². The quantitative estimate of drug-likeness (QED) is 0.867. The van der Waals surface area contributed by atoms with Crippen LogP contribution in [0.1, 0.15) is 34.3 Å². The lowest BCUT2D eigenvalue weighted by molar-refractivity contribution is 0.102. The Bertz CT molecular complexity index is 781. The molecule has 1 aliphatic rings. The van der Waals surface area contributed by atoms with E-state index in [0.717, 1.165) is 19.7 Å². The molecule has 1 atom stereocenters. The summed E-state index contributed by atoms with van der Waals surface area (Å²) in [6.07, 6.45) is 3.81. The Balaban J connectivity index is 1.59. The Morgan fingerprint density at radius 2 is 2.15 bits per heavy atom. The van der Waals surface area contributed by atoms with Crippen LogP contribution < -0.4 is 5.32 Å². The van der Waals surface area contributed by atoms with Gasteiger partial charge in [-0.15, -0.1) is 0 Å². The van der Waals surface area contributed by atoms with Crippen molar-refractivity contribution < 1.29 is 9.53 Å². The minimum Gasteiger partial charge on any atom is -0.383 e. The molecule has 1 fully saturated rings. The van der Waals surface area contributed by atoms with Crippen LogP contribution in [-0.2, 0) is 11.3 Å². The number of carbonyl (C=O) groups is 1. The zero-order chi connectivity index (χ0) is 18.4. The van der Waals surface area contributed by atoms with Crippen LogP contribution in [0.5, 0.6) is 0 Å². The van der Waals surface area contributed by atoms with Crippen LogP contribution in [0, 0.1) is 11.3 Å². The van der Waals surface area contributed by atoms with Crippen molar-refractivity contribution in [3.63, 3.8) is 0 Å². The molecule has 0 saturated carbocycles. The summed E-state index contributed by atoms with van der Waals surface area (Å²) in [6.45, 7) is 2.71. The number of nitrogens with one attached hydrogen (secondary N) is 1. The van der Waals surface area contributed by atoms with E-state index in [1.54, 1.807) is 19.2 Å². The maximum atomic E-state index is 12.3. The normalized spacial score (nSPS) is 17.0. The van der Waals surface area contributed by atoms with Gasteiger partial charge in [0, 0.05) is 31.5 Å². The van der Waals surface area contributed by atoms with Crippen LogP contribution in [0.4, 0.5) is 5.82 Å². The first-order valence-electron chi connectivity index (χ1n) is 8.69. The predicted octanol–water partition coefficient (Wildman–Crippen LogP) is 2.82. The summed E-state index contributed by atoms with van der Waals surface area (Å²) in [5.74, 6) is 0.213. The Hall–Kier alpha value is -2.75. The molecular weight excluding hydrogens is 328 g/mol. The molecule has 1 aromatic carbocycles. The molecule has 6 heteroatoms. The summed E-state index contributed by atoms with van der Waals surface area (Å²) >= 11 is 0. The van der Waals surface area contributed by atoms with Crippen molar-refractivity contribution in [1.29, 1.82) is 5.26 Å². The molecule has 1 aliphatic heterocycles. The standard InChI is InChI=1S/C20H22N4O2/c1-26-14-18-3-2-10-24(18)13-15-4-7-17(8-5-15)20(25)23-19-9-6-16(11-21)12-22-19/h4-9,12,18H,2-3,10,13-14H2,1H3,(H,22,23,25)/t18-/m1/s1. The highest BCUT2D eigenvalue weighted by Gasteiger charge is 2.24. The number of anilines is 1. The largest absolute Gasteiger partial charge is 0.383 e.